The SMILES string of the molecule is Cl.O=C(OCCN1CCN(c2ccccc2)CC1)C1(c2ccc(Cl)cc2)CCCC1. The molecule has 2 aliphatic rings. The van der Waals surface area contributed by atoms with E-state index in [9.17, 15) is 4.79 Å². The minimum Gasteiger partial charge on any atom is -0.464 e. The van der Waals surface area contributed by atoms with Crippen LogP contribution in [0.1, 0.15) is 31.2 Å². The van der Waals surface area contributed by atoms with E-state index in [0.29, 0.717) is 11.6 Å². The smallest absolute Gasteiger partial charge is 0.316 e. The fourth-order valence-corrected chi connectivity index (χ4v) is 4.76. The molecule has 0 spiro atoms. The Balaban J connectivity index is 0.00000256. The Morgan fingerprint density at radius 1 is 0.933 bits per heavy atom. The summed E-state index contributed by atoms with van der Waals surface area (Å²) in [6, 6.07) is 18.3. The van der Waals surface area contributed by atoms with E-state index in [2.05, 4.69) is 40.1 Å². The third kappa shape index (κ3) is 5.11. The Morgan fingerprint density at radius 3 is 2.20 bits per heavy atom. The molecule has 2 aromatic carbocycles. The Labute approximate surface area is 190 Å². The van der Waals surface area contributed by atoms with E-state index in [1.807, 2.05) is 24.3 Å². The van der Waals surface area contributed by atoms with E-state index in [-0.39, 0.29) is 18.4 Å². The quantitative estimate of drug-likeness (QED) is 0.585. The lowest BCUT2D eigenvalue weighted by molar-refractivity contribution is -0.151. The Bertz CT molecular complexity index is 800. The van der Waals surface area contributed by atoms with E-state index in [4.69, 9.17) is 16.3 Å². The van der Waals surface area contributed by atoms with Gasteiger partial charge in [0.05, 0.1) is 5.41 Å². The number of hydrogen-bond acceptors (Lipinski definition) is 4. The highest BCUT2D eigenvalue weighted by molar-refractivity contribution is 6.30. The van der Waals surface area contributed by atoms with Gasteiger partial charge in [-0.1, -0.05) is 54.8 Å². The Kier molecular flexibility index (Phi) is 8.04. The monoisotopic (exact) mass is 448 g/mol. The molecule has 0 aromatic heterocycles. The number of halogens is 2. The molecule has 1 saturated carbocycles. The number of para-hydroxylation sites is 1. The molecule has 2 aromatic rings. The summed E-state index contributed by atoms with van der Waals surface area (Å²) in [4.78, 5) is 17.8. The number of anilines is 1. The van der Waals surface area contributed by atoms with E-state index >= 15 is 0 Å². The van der Waals surface area contributed by atoms with Gasteiger partial charge in [0.2, 0.25) is 0 Å². The molecule has 4 nitrogen and oxygen atoms in total. The van der Waals surface area contributed by atoms with Crippen LogP contribution in [-0.4, -0.2) is 50.2 Å². The first-order chi connectivity index (χ1) is 14.2. The molecule has 162 valence electrons. The molecule has 0 atom stereocenters. The van der Waals surface area contributed by atoms with Crippen LogP contribution < -0.4 is 4.90 Å². The molecular formula is C24H30Cl2N2O2. The maximum Gasteiger partial charge on any atom is 0.316 e. The van der Waals surface area contributed by atoms with Crippen molar-refractivity contribution in [2.75, 3.05) is 44.2 Å². The minimum absolute atomic E-state index is 0. The molecule has 0 radical (unpaired) electrons. The molecule has 0 bridgehead atoms. The van der Waals surface area contributed by atoms with Crippen LogP contribution in [-0.2, 0) is 14.9 Å². The first-order valence-corrected chi connectivity index (χ1v) is 11.0. The molecule has 1 saturated heterocycles. The first-order valence-electron chi connectivity index (χ1n) is 10.6. The molecule has 0 unspecified atom stereocenters. The third-order valence-electron chi connectivity index (χ3n) is 6.38. The van der Waals surface area contributed by atoms with Gasteiger partial charge in [0.25, 0.3) is 0 Å². The van der Waals surface area contributed by atoms with Crippen molar-refractivity contribution in [3.63, 3.8) is 0 Å². The molecule has 1 aliphatic carbocycles. The number of hydrogen-bond donors (Lipinski definition) is 0. The van der Waals surface area contributed by atoms with Gasteiger partial charge in [0.15, 0.2) is 0 Å². The van der Waals surface area contributed by atoms with E-state index < -0.39 is 5.41 Å². The lowest BCUT2D eigenvalue weighted by Crippen LogP contribution is -2.47. The molecule has 4 rings (SSSR count). The molecule has 2 fully saturated rings. The number of carbonyl (C=O) groups is 1. The van der Waals surface area contributed by atoms with Crippen LogP contribution in [0.4, 0.5) is 5.69 Å². The minimum atomic E-state index is -0.489. The van der Waals surface area contributed by atoms with Gasteiger partial charge in [-0.05, 0) is 42.7 Å². The highest BCUT2D eigenvalue weighted by atomic mass is 35.5. The normalized spacial score (nSPS) is 18.6. The summed E-state index contributed by atoms with van der Waals surface area (Å²) in [5, 5.41) is 0.699. The van der Waals surface area contributed by atoms with Crippen molar-refractivity contribution in [1.29, 1.82) is 0 Å². The molecule has 6 heteroatoms. The summed E-state index contributed by atoms with van der Waals surface area (Å²) in [5.41, 5.74) is 1.84. The zero-order valence-corrected chi connectivity index (χ0v) is 18.8. The second kappa shape index (κ2) is 10.5. The number of ether oxygens (including phenoxy) is 1. The number of benzene rings is 2. The van der Waals surface area contributed by atoms with Crippen molar-refractivity contribution in [1.82, 2.24) is 4.90 Å². The van der Waals surface area contributed by atoms with Gasteiger partial charge >= 0.3 is 5.97 Å². The fraction of sp³-hybridized carbons (Fsp3) is 0.458. The predicted octanol–water partition coefficient (Wildman–Crippen LogP) is 4.94. The molecule has 1 heterocycles. The fourth-order valence-electron chi connectivity index (χ4n) is 4.63. The van der Waals surface area contributed by atoms with E-state index in [1.54, 1.807) is 0 Å². The van der Waals surface area contributed by atoms with Gasteiger partial charge in [-0.15, -0.1) is 12.4 Å². The average molecular weight is 449 g/mol. The second-order valence-corrected chi connectivity index (χ2v) is 8.53. The van der Waals surface area contributed by atoms with Crippen LogP contribution >= 0.6 is 24.0 Å². The second-order valence-electron chi connectivity index (χ2n) is 8.10. The van der Waals surface area contributed by atoms with E-state index in [0.717, 1.165) is 64.0 Å². The van der Waals surface area contributed by atoms with Crippen molar-refractivity contribution in [3.05, 3.63) is 65.2 Å². The summed E-state index contributed by atoms with van der Waals surface area (Å²) >= 11 is 6.04. The van der Waals surface area contributed by atoms with Crippen molar-refractivity contribution in [2.45, 2.75) is 31.1 Å². The van der Waals surface area contributed by atoms with Crippen molar-refractivity contribution in [2.24, 2.45) is 0 Å². The van der Waals surface area contributed by atoms with Crippen LogP contribution in [0.3, 0.4) is 0 Å². The van der Waals surface area contributed by atoms with Crippen molar-refractivity contribution >= 4 is 35.7 Å². The molecule has 0 amide bonds. The van der Waals surface area contributed by atoms with Crippen LogP contribution in [0.2, 0.25) is 5.02 Å². The maximum atomic E-state index is 13.0. The van der Waals surface area contributed by atoms with Gasteiger partial charge < -0.3 is 9.64 Å². The summed E-state index contributed by atoms with van der Waals surface area (Å²) in [6.45, 7) is 5.26. The lowest BCUT2D eigenvalue weighted by Gasteiger charge is -2.36. The summed E-state index contributed by atoms with van der Waals surface area (Å²) in [6.07, 6.45) is 3.87. The Hall–Kier alpha value is -1.75. The lowest BCUT2D eigenvalue weighted by atomic mass is 9.79. The Morgan fingerprint density at radius 2 is 1.57 bits per heavy atom. The zero-order valence-electron chi connectivity index (χ0n) is 17.3. The van der Waals surface area contributed by atoms with Crippen molar-refractivity contribution < 1.29 is 9.53 Å². The largest absolute Gasteiger partial charge is 0.464 e. The third-order valence-corrected chi connectivity index (χ3v) is 6.63. The van der Waals surface area contributed by atoms with Crippen LogP contribution in [0, 0.1) is 0 Å². The van der Waals surface area contributed by atoms with Crippen LogP contribution in [0.15, 0.2) is 54.6 Å². The first kappa shape index (κ1) is 22.9. The standard InChI is InChI=1S/C24H29ClN2O2.ClH/c25-21-10-8-20(9-11-21)24(12-4-5-13-24)23(28)29-19-18-26-14-16-27(17-15-26)22-6-2-1-3-7-22;/h1-3,6-11H,4-5,12-19H2;1H. The van der Waals surface area contributed by atoms with Gasteiger partial charge in [0, 0.05) is 43.4 Å². The number of rotatable bonds is 6. The number of carbonyl (C=O) groups excluding carboxylic acids is 1. The molecular weight excluding hydrogens is 419 g/mol. The topological polar surface area (TPSA) is 32.8 Å². The van der Waals surface area contributed by atoms with Crippen LogP contribution in [0.5, 0.6) is 0 Å². The van der Waals surface area contributed by atoms with E-state index in [1.165, 1.54) is 5.69 Å². The highest BCUT2D eigenvalue weighted by Crippen LogP contribution is 2.42. The van der Waals surface area contributed by atoms with Gasteiger partial charge in [0.1, 0.15) is 6.61 Å². The summed E-state index contributed by atoms with van der Waals surface area (Å²) in [7, 11) is 0. The van der Waals surface area contributed by atoms with Crippen LogP contribution in [0.25, 0.3) is 0 Å². The predicted molar refractivity (Wildman–Crippen MR) is 125 cm³/mol. The maximum absolute atomic E-state index is 13.0. The van der Waals surface area contributed by atoms with Gasteiger partial charge in [-0.2, -0.15) is 0 Å². The molecule has 1 aliphatic heterocycles. The number of nitrogens with zero attached hydrogens (tertiary/aromatic N) is 2. The number of esters is 1. The van der Waals surface area contributed by atoms with Gasteiger partial charge in [-0.3, -0.25) is 9.69 Å². The summed E-state index contributed by atoms with van der Waals surface area (Å²) in [5.74, 6) is -0.0692. The number of piperazine rings is 1. The molecule has 30 heavy (non-hydrogen) atoms. The zero-order chi connectivity index (χ0) is 20.1. The van der Waals surface area contributed by atoms with Gasteiger partial charge in [-0.25, -0.2) is 0 Å². The summed E-state index contributed by atoms with van der Waals surface area (Å²) < 4.78 is 5.80. The van der Waals surface area contributed by atoms with Crippen molar-refractivity contribution in [3.8, 4) is 0 Å². The highest BCUT2D eigenvalue weighted by Gasteiger charge is 2.44. The average Bonchev–Trinajstić information content (AvgIpc) is 3.26. The molecule has 0 N–H and O–H groups in total.